The van der Waals surface area contributed by atoms with Crippen LogP contribution in [0.15, 0.2) is 6.08 Å². The van der Waals surface area contributed by atoms with Gasteiger partial charge in [0.25, 0.3) is 0 Å². The molecular formula is C7H8N2OS. The van der Waals surface area contributed by atoms with Crippen molar-refractivity contribution in [3.63, 3.8) is 0 Å². The van der Waals surface area contributed by atoms with E-state index in [1.165, 1.54) is 17.4 Å². The SMILES string of the molecule is Cc1nc(N)sc1C=CC=O. The second kappa shape index (κ2) is 3.30. The largest absolute Gasteiger partial charge is 0.375 e. The zero-order valence-electron chi connectivity index (χ0n) is 6.07. The average molecular weight is 168 g/mol. The lowest BCUT2D eigenvalue weighted by atomic mass is 10.4. The van der Waals surface area contributed by atoms with Crippen molar-refractivity contribution in [3.8, 4) is 0 Å². The molecule has 11 heavy (non-hydrogen) atoms. The van der Waals surface area contributed by atoms with E-state index in [0.29, 0.717) is 5.13 Å². The molecule has 0 saturated heterocycles. The second-order valence-electron chi connectivity index (χ2n) is 2.00. The third-order valence-corrected chi connectivity index (χ3v) is 2.13. The summed E-state index contributed by atoms with van der Waals surface area (Å²) < 4.78 is 0. The van der Waals surface area contributed by atoms with Crippen molar-refractivity contribution >= 4 is 28.8 Å². The molecule has 1 aromatic heterocycles. The van der Waals surface area contributed by atoms with Gasteiger partial charge < -0.3 is 5.73 Å². The van der Waals surface area contributed by atoms with Gasteiger partial charge in [0.05, 0.1) is 10.6 Å². The Hall–Kier alpha value is -1.16. The summed E-state index contributed by atoms with van der Waals surface area (Å²) >= 11 is 1.38. The van der Waals surface area contributed by atoms with Gasteiger partial charge in [-0.05, 0) is 19.1 Å². The Morgan fingerprint density at radius 1 is 1.64 bits per heavy atom. The smallest absolute Gasteiger partial charge is 0.180 e. The summed E-state index contributed by atoms with van der Waals surface area (Å²) in [6.07, 6.45) is 3.87. The van der Waals surface area contributed by atoms with Crippen molar-refractivity contribution in [3.05, 3.63) is 16.6 Å². The van der Waals surface area contributed by atoms with Gasteiger partial charge in [0.1, 0.15) is 6.29 Å². The van der Waals surface area contributed by atoms with E-state index < -0.39 is 0 Å². The Bertz CT molecular complexity index is 291. The van der Waals surface area contributed by atoms with E-state index in [9.17, 15) is 4.79 Å². The van der Waals surface area contributed by atoms with E-state index in [4.69, 9.17) is 5.73 Å². The number of hydrogen-bond donors (Lipinski definition) is 1. The molecule has 4 heteroatoms. The third-order valence-electron chi connectivity index (χ3n) is 1.18. The Morgan fingerprint density at radius 2 is 2.36 bits per heavy atom. The maximum atomic E-state index is 9.96. The molecular weight excluding hydrogens is 160 g/mol. The van der Waals surface area contributed by atoms with Crippen LogP contribution >= 0.6 is 11.3 Å². The molecule has 58 valence electrons. The van der Waals surface area contributed by atoms with Crippen LogP contribution in [0.3, 0.4) is 0 Å². The van der Waals surface area contributed by atoms with Gasteiger partial charge in [-0.3, -0.25) is 4.79 Å². The van der Waals surface area contributed by atoms with Gasteiger partial charge in [0.2, 0.25) is 0 Å². The molecule has 0 bridgehead atoms. The number of aromatic nitrogens is 1. The molecule has 0 unspecified atom stereocenters. The van der Waals surface area contributed by atoms with Crippen LogP contribution in [0.4, 0.5) is 5.13 Å². The number of aryl methyl sites for hydroxylation is 1. The number of nitrogens with two attached hydrogens (primary N) is 1. The minimum absolute atomic E-state index is 0.535. The van der Waals surface area contributed by atoms with Crippen molar-refractivity contribution in [2.45, 2.75) is 6.92 Å². The molecule has 0 atom stereocenters. The van der Waals surface area contributed by atoms with Gasteiger partial charge in [-0.1, -0.05) is 11.3 Å². The van der Waals surface area contributed by atoms with Gasteiger partial charge in [0.15, 0.2) is 5.13 Å². The molecule has 0 spiro atoms. The number of hydrogen-bond acceptors (Lipinski definition) is 4. The predicted octanol–water partition coefficient (Wildman–Crippen LogP) is 1.25. The van der Waals surface area contributed by atoms with Crippen molar-refractivity contribution in [1.29, 1.82) is 0 Å². The van der Waals surface area contributed by atoms with Crippen molar-refractivity contribution in [2.75, 3.05) is 5.73 Å². The maximum Gasteiger partial charge on any atom is 0.180 e. The molecule has 0 radical (unpaired) electrons. The average Bonchev–Trinajstić information content (AvgIpc) is 2.26. The number of rotatable bonds is 2. The Kier molecular flexibility index (Phi) is 2.38. The quantitative estimate of drug-likeness (QED) is 0.534. The van der Waals surface area contributed by atoms with E-state index in [-0.39, 0.29) is 0 Å². The van der Waals surface area contributed by atoms with E-state index in [2.05, 4.69) is 4.98 Å². The molecule has 0 aromatic carbocycles. The van der Waals surface area contributed by atoms with Crippen LogP contribution in [-0.4, -0.2) is 11.3 Å². The van der Waals surface area contributed by atoms with Gasteiger partial charge >= 0.3 is 0 Å². The Balaban J connectivity index is 2.93. The lowest BCUT2D eigenvalue weighted by Crippen LogP contribution is -1.80. The zero-order valence-corrected chi connectivity index (χ0v) is 6.89. The molecule has 0 aliphatic carbocycles. The highest BCUT2D eigenvalue weighted by Gasteiger charge is 1.99. The number of aldehydes is 1. The number of nitrogen functional groups attached to an aromatic ring is 1. The molecule has 1 heterocycles. The summed E-state index contributed by atoms with van der Waals surface area (Å²) in [6, 6.07) is 0. The number of carbonyl (C=O) groups is 1. The fraction of sp³-hybridized carbons (Fsp3) is 0.143. The number of thiazole rings is 1. The topological polar surface area (TPSA) is 56.0 Å². The lowest BCUT2D eigenvalue weighted by molar-refractivity contribution is -0.104. The standard InChI is InChI=1S/C7H8N2OS/c1-5-6(3-2-4-10)11-7(8)9-5/h2-4H,1H3,(H2,8,9). The minimum Gasteiger partial charge on any atom is -0.375 e. The minimum atomic E-state index is 0.535. The fourth-order valence-electron chi connectivity index (χ4n) is 0.711. The van der Waals surface area contributed by atoms with Crippen LogP contribution in [0.1, 0.15) is 10.6 Å². The fourth-order valence-corrected chi connectivity index (χ4v) is 1.46. The van der Waals surface area contributed by atoms with Crippen LogP contribution in [0.25, 0.3) is 6.08 Å². The van der Waals surface area contributed by atoms with E-state index in [0.717, 1.165) is 16.9 Å². The van der Waals surface area contributed by atoms with Crippen LogP contribution < -0.4 is 5.73 Å². The first-order valence-electron chi connectivity index (χ1n) is 3.09. The van der Waals surface area contributed by atoms with Crippen molar-refractivity contribution in [1.82, 2.24) is 4.98 Å². The molecule has 3 nitrogen and oxygen atoms in total. The summed E-state index contributed by atoms with van der Waals surface area (Å²) in [5.41, 5.74) is 6.30. The highest BCUT2D eigenvalue weighted by Crippen LogP contribution is 2.20. The summed E-state index contributed by atoms with van der Waals surface area (Å²) in [5, 5.41) is 0.535. The maximum absolute atomic E-state index is 9.96. The summed E-state index contributed by atoms with van der Waals surface area (Å²) in [7, 11) is 0. The number of allylic oxidation sites excluding steroid dienone is 1. The van der Waals surface area contributed by atoms with Gasteiger partial charge in [-0.25, -0.2) is 4.98 Å². The van der Waals surface area contributed by atoms with Crippen LogP contribution in [-0.2, 0) is 4.79 Å². The molecule has 1 rings (SSSR count). The third kappa shape index (κ3) is 1.88. The Morgan fingerprint density at radius 3 is 2.82 bits per heavy atom. The summed E-state index contributed by atoms with van der Waals surface area (Å²) in [6.45, 7) is 1.86. The van der Waals surface area contributed by atoms with E-state index in [1.807, 2.05) is 6.92 Å². The molecule has 0 aliphatic heterocycles. The number of carbonyl (C=O) groups excluding carboxylic acids is 1. The molecule has 0 saturated carbocycles. The van der Waals surface area contributed by atoms with E-state index in [1.54, 1.807) is 6.08 Å². The van der Waals surface area contributed by atoms with E-state index >= 15 is 0 Å². The summed E-state index contributed by atoms with van der Waals surface area (Å²) in [4.78, 5) is 14.9. The first-order valence-corrected chi connectivity index (χ1v) is 3.90. The predicted molar refractivity (Wildman–Crippen MR) is 46.4 cm³/mol. The van der Waals surface area contributed by atoms with Gasteiger partial charge in [0, 0.05) is 0 Å². The van der Waals surface area contributed by atoms with Crippen molar-refractivity contribution < 1.29 is 4.79 Å². The first-order chi connectivity index (χ1) is 5.24. The monoisotopic (exact) mass is 168 g/mol. The second-order valence-corrected chi connectivity index (χ2v) is 3.06. The van der Waals surface area contributed by atoms with Crippen LogP contribution in [0, 0.1) is 6.92 Å². The zero-order chi connectivity index (χ0) is 8.27. The highest BCUT2D eigenvalue weighted by atomic mass is 32.1. The Labute approximate surface area is 68.6 Å². The number of anilines is 1. The summed E-state index contributed by atoms with van der Waals surface area (Å²) in [5.74, 6) is 0. The van der Waals surface area contributed by atoms with Gasteiger partial charge in [-0.15, -0.1) is 0 Å². The number of nitrogens with zero attached hydrogens (tertiary/aromatic N) is 1. The lowest BCUT2D eigenvalue weighted by Gasteiger charge is -1.82. The van der Waals surface area contributed by atoms with Crippen molar-refractivity contribution in [2.24, 2.45) is 0 Å². The first kappa shape index (κ1) is 7.94. The molecule has 1 aromatic rings. The molecule has 0 aliphatic rings. The van der Waals surface area contributed by atoms with Gasteiger partial charge in [-0.2, -0.15) is 0 Å². The van der Waals surface area contributed by atoms with Crippen LogP contribution in [0.2, 0.25) is 0 Å². The van der Waals surface area contributed by atoms with Crippen LogP contribution in [0.5, 0.6) is 0 Å². The highest BCUT2D eigenvalue weighted by molar-refractivity contribution is 7.16. The normalized spacial score (nSPS) is 10.6. The molecule has 0 fully saturated rings. The molecule has 2 N–H and O–H groups in total. The molecule has 0 amide bonds.